The summed E-state index contributed by atoms with van der Waals surface area (Å²) in [7, 11) is 0. The molecule has 626 valence electrons. The highest BCUT2D eigenvalue weighted by molar-refractivity contribution is 5.71. The van der Waals surface area contributed by atoms with Crippen LogP contribution in [0.15, 0.2) is 23.7 Å². The molecule has 0 aromatic heterocycles. The number of hydrogen-bond donors (Lipinski definition) is 2. The topological polar surface area (TPSA) is 76.7 Å². The Labute approximate surface area is 665 Å². The van der Waals surface area contributed by atoms with Crippen molar-refractivity contribution in [3.63, 3.8) is 0 Å². The lowest BCUT2D eigenvalue weighted by atomic mass is 9.73. The Balaban J connectivity index is 2.35. The van der Waals surface area contributed by atoms with E-state index in [0.717, 1.165) is 88.6 Å². The second-order valence-corrected chi connectivity index (χ2v) is 36.1. The first-order valence-corrected chi connectivity index (χ1v) is 49.5. The molecule has 0 radical (unpaired) electrons. The Morgan fingerprint density at radius 2 is 0.377 bits per heavy atom. The van der Waals surface area contributed by atoms with Crippen molar-refractivity contribution in [1.29, 1.82) is 0 Å². The van der Waals surface area contributed by atoms with Crippen LogP contribution >= 0.6 is 0 Å². The summed E-state index contributed by atoms with van der Waals surface area (Å²) in [5.41, 5.74) is -0.299. The van der Waals surface area contributed by atoms with E-state index in [0.29, 0.717) is 12.8 Å². The highest BCUT2D eigenvalue weighted by Crippen LogP contribution is 2.44. The summed E-state index contributed by atoms with van der Waals surface area (Å²) in [4.78, 5) is 28.7. The summed E-state index contributed by atoms with van der Waals surface area (Å²) >= 11 is 0. The molecule has 6 nitrogen and oxygen atoms in total. The Hall–Kier alpha value is -1.66. The van der Waals surface area contributed by atoms with Crippen LogP contribution in [0.4, 0.5) is 0 Å². The maximum atomic E-state index is 14.3. The van der Waals surface area contributed by atoms with E-state index in [-0.39, 0.29) is 34.1 Å². The van der Waals surface area contributed by atoms with E-state index >= 15 is 0 Å². The lowest BCUT2D eigenvalue weighted by Gasteiger charge is -2.49. The fraction of sp³-hybridized carbons (Fsp3) is 0.940. The first-order chi connectivity index (χ1) is 52.1. The van der Waals surface area contributed by atoms with E-state index in [4.69, 9.17) is 9.47 Å². The van der Waals surface area contributed by atoms with Crippen LogP contribution in [0.2, 0.25) is 0 Å². The lowest BCUT2D eigenvalue weighted by Crippen LogP contribution is -2.60. The van der Waals surface area contributed by atoms with Gasteiger partial charge in [-0.2, -0.15) is 0 Å². The van der Waals surface area contributed by atoms with Crippen molar-refractivity contribution in [2.45, 2.75) is 604 Å². The summed E-state index contributed by atoms with van der Waals surface area (Å²) in [5.74, 6) is 1.99. The van der Waals surface area contributed by atoms with Gasteiger partial charge in [-0.1, -0.05) is 492 Å². The molecule has 0 amide bonds. The molecule has 6 heteroatoms. The van der Waals surface area contributed by atoms with E-state index in [1.54, 1.807) is 0 Å². The average molecular weight is 1490 g/mol. The highest BCUT2D eigenvalue weighted by Gasteiger charge is 2.45. The van der Waals surface area contributed by atoms with Crippen molar-refractivity contribution in [2.24, 2.45) is 0 Å². The number of esters is 2. The Kier molecular flexibility index (Phi) is 68.5. The number of rotatable bonds is 83. The molecule has 2 aliphatic rings. The third-order valence-corrected chi connectivity index (χ3v) is 25.4. The van der Waals surface area contributed by atoms with Crippen LogP contribution < -0.4 is 10.6 Å². The van der Waals surface area contributed by atoms with Crippen LogP contribution in [0.1, 0.15) is 582 Å². The quantitative estimate of drug-likeness (QED) is 0.0467. The number of unbranched alkanes of at least 4 members (excludes halogenated alkanes) is 61. The smallest absolute Gasteiger partial charge is 0.310 e. The minimum Gasteiger partial charge on any atom is -0.431 e. The first-order valence-electron chi connectivity index (χ1n) is 49.5. The van der Waals surface area contributed by atoms with Crippen molar-refractivity contribution < 1.29 is 19.1 Å². The maximum absolute atomic E-state index is 14.3. The van der Waals surface area contributed by atoms with E-state index in [9.17, 15) is 9.59 Å². The van der Waals surface area contributed by atoms with Crippen molar-refractivity contribution in [3.8, 4) is 0 Å². The number of carbonyl (C=O) groups excluding carboxylic acids is 2. The maximum Gasteiger partial charge on any atom is 0.310 e. The van der Waals surface area contributed by atoms with Crippen molar-refractivity contribution in [2.75, 3.05) is 0 Å². The summed E-state index contributed by atoms with van der Waals surface area (Å²) in [6.45, 7) is 18.6. The van der Waals surface area contributed by atoms with Gasteiger partial charge in [0.05, 0.1) is 0 Å². The molecule has 2 rings (SSSR count). The second kappa shape index (κ2) is 72.3. The van der Waals surface area contributed by atoms with Gasteiger partial charge in [-0.3, -0.25) is 9.59 Å². The Bertz CT molecular complexity index is 1750. The molecule has 0 atom stereocenters. The molecule has 2 aliphatic heterocycles. The number of nitrogens with one attached hydrogen (secondary N) is 2. The molecule has 0 spiro atoms. The molecule has 0 saturated carbocycles. The van der Waals surface area contributed by atoms with Crippen LogP contribution in [0.25, 0.3) is 0 Å². The van der Waals surface area contributed by atoms with Gasteiger partial charge in [0.2, 0.25) is 0 Å². The van der Waals surface area contributed by atoms with Gasteiger partial charge in [0.1, 0.15) is 11.5 Å². The van der Waals surface area contributed by atoms with Gasteiger partial charge in [-0.25, -0.2) is 0 Å². The van der Waals surface area contributed by atoms with E-state index < -0.39 is 0 Å². The molecular weight excluding hydrogens is 1290 g/mol. The third-order valence-electron chi connectivity index (χ3n) is 25.4. The van der Waals surface area contributed by atoms with Gasteiger partial charge in [-0.05, 0) is 76.4 Å². The Morgan fingerprint density at radius 1 is 0.226 bits per heavy atom. The van der Waals surface area contributed by atoms with Crippen LogP contribution in [-0.2, 0) is 19.1 Å². The van der Waals surface area contributed by atoms with Gasteiger partial charge >= 0.3 is 11.9 Å². The fourth-order valence-corrected chi connectivity index (χ4v) is 18.7. The minimum atomic E-state index is -0.122. The molecule has 0 aromatic carbocycles. The molecule has 0 bridgehead atoms. The highest BCUT2D eigenvalue weighted by atomic mass is 16.5. The van der Waals surface area contributed by atoms with Crippen LogP contribution in [0.5, 0.6) is 0 Å². The molecule has 2 N–H and O–H groups in total. The summed E-state index contributed by atoms with van der Waals surface area (Å²) in [5, 5.41) is 9.26. The molecular formula is C100H192N2O4. The summed E-state index contributed by atoms with van der Waals surface area (Å²) < 4.78 is 13.6. The number of ether oxygens (including phenoxy) is 2. The first kappa shape index (κ1) is 100. The zero-order valence-electron chi connectivity index (χ0n) is 73.8. The van der Waals surface area contributed by atoms with E-state index in [1.165, 1.54) is 437 Å². The van der Waals surface area contributed by atoms with Crippen LogP contribution in [-0.4, -0.2) is 34.1 Å². The zero-order valence-corrected chi connectivity index (χ0v) is 73.8. The zero-order chi connectivity index (χ0) is 76.5. The molecule has 0 saturated heterocycles. The lowest BCUT2D eigenvalue weighted by molar-refractivity contribution is -0.141. The molecule has 0 fully saturated rings. The normalized spacial score (nSPS) is 15.3. The van der Waals surface area contributed by atoms with Crippen LogP contribution in [0, 0.1) is 0 Å². The average Bonchev–Trinajstić information content (AvgIpc) is 0.781. The van der Waals surface area contributed by atoms with Gasteiger partial charge in [-0.15, -0.1) is 0 Å². The number of hydrogen-bond acceptors (Lipinski definition) is 6. The predicted octanol–water partition coefficient (Wildman–Crippen LogP) is 34.1. The fourth-order valence-electron chi connectivity index (χ4n) is 18.7. The van der Waals surface area contributed by atoms with Gasteiger partial charge < -0.3 is 20.1 Å². The minimum absolute atomic E-state index is 0.0107. The SMILES string of the molecule is CCCCCCCCCCC1(CCCCCCCCCC)C=C(OC(=O)CCCCCCCCC(=O)OC2=CC(CCCCCCCCCC)(CCCCCCCCCC)NC(CCCCCCCCCC)(CCCCCCCCCC)C2)CC(CCCCCCCCCC)(CCCCCCCCCC)N1. The van der Waals surface area contributed by atoms with Crippen LogP contribution in [0.3, 0.4) is 0 Å². The van der Waals surface area contributed by atoms with Crippen molar-refractivity contribution in [1.82, 2.24) is 10.6 Å². The monoisotopic (exact) mass is 1490 g/mol. The summed E-state index contributed by atoms with van der Waals surface area (Å²) in [6.07, 6.45) is 109. The van der Waals surface area contributed by atoms with Crippen molar-refractivity contribution in [3.05, 3.63) is 23.7 Å². The van der Waals surface area contributed by atoms with E-state index in [2.05, 4.69) is 78.2 Å². The number of carbonyl (C=O) groups is 2. The van der Waals surface area contributed by atoms with Gasteiger partial charge in [0.15, 0.2) is 0 Å². The Morgan fingerprint density at radius 3 is 0.557 bits per heavy atom. The van der Waals surface area contributed by atoms with Gasteiger partial charge in [0, 0.05) is 47.8 Å². The predicted molar refractivity (Wildman–Crippen MR) is 470 cm³/mol. The second-order valence-electron chi connectivity index (χ2n) is 36.1. The molecule has 0 aliphatic carbocycles. The standard InChI is InChI=1S/C100H192N2O4/c1-9-17-25-33-41-51-61-71-81-97(82-72-62-52-42-34-26-18-10-2)89-93(90-98(101-97,83-73-63-53-43-35-27-19-11-3)84-74-64-54-44-36-28-20-12-4)105-95(103)79-69-59-49-50-60-70-80-96(104)106-94-91-99(85-75-65-55-45-37-29-21-13-5,86-76-66-56-46-38-30-22-14-6)102-100(92-94,87-77-67-57-47-39-31-23-15-7)88-78-68-58-48-40-32-24-16-8/h89,91,101-102H,9-88,90,92H2,1-8H3. The molecule has 2 heterocycles. The van der Waals surface area contributed by atoms with Crippen molar-refractivity contribution >= 4 is 11.9 Å². The van der Waals surface area contributed by atoms with E-state index in [1.807, 2.05) is 0 Å². The third kappa shape index (κ3) is 55.7. The molecule has 0 unspecified atom stereocenters. The largest absolute Gasteiger partial charge is 0.431 e. The van der Waals surface area contributed by atoms with Gasteiger partial charge in [0.25, 0.3) is 0 Å². The molecule has 0 aromatic rings. The summed E-state index contributed by atoms with van der Waals surface area (Å²) in [6, 6.07) is 0. The molecule has 106 heavy (non-hydrogen) atoms.